The molecule has 0 heterocycles. The number of nitrogens with zero attached hydrogens (tertiary/aromatic N) is 1. The van der Waals surface area contributed by atoms with Gasteiger partial charge in [-0.25, -0.2) is 0 Å². The van der Waals surface area contributed by atoms with Gasteiger partial charge in [0.2, 0.25) is 11.8 Å². The quantitative estimate of drug-likeness (QED) is 0.741. The molecule has 132 valence electrons. The molecule has 0 radical (unpaired) electrons. The normalized spacial score (nSPS) is 13.4. The van der Waals surface area contributed by atoms with Gasteiger partial charge in [-0.1, -0.05) is 38.1 Å². The van der Waals surface area contributed by atoms with E-state index in [1.54, 1.807) is 6.92 Å². The first-order valence-electron chi connectivity index (χ1n) is 7.97. The maximum atomic E-state index is 12.6. The van der Waals surface area contributed by atoms with E-state index in [1.807, 2.05) is 24.3 Å². The van der Waals surface area contributed by atoms with Gasteiger partial charge in [0.25, 0.3) is 0 Å². The van der Waals surface area contributed by atoms with Crippen LogP contribution < -0.4 is 0 Å². The molecule has 0 aliphatic carbocycles. The van der Waals surface area contributed by atoms with Crippen molar-refractivity contribution in [1.82, 2.24) is 4.90 Å². The molecule has 0 bridgehead atoms. The Hall–Kier alpha value is -1.82. The number of carbonyl (C=O) groups is 3. The first-order chi connectivity index (χ1) is 11.1. The molecule has 0 aliphatic heterocycles. The first-order valence-corrected chi connectivity index (χ1v) is 8.49. The molecular formula is C18H25NO4S. The van der Waals surface area contributed by atoms with Crippen molar-refractivity contribution in [3.05, 3.63) is 35.4 Å². The van der Waals surface area contributed by atoms with Gasteiger partial charge in [-0.2, -0.15) is 12.6 Å². The Morgan fingerprint density at radius 1 is 1.04 bits per heavy atom. The van der Waals surface area contributed by atoms with Crippen molar-refractivity contribution in [1.29, 1.82) is 0 Å². The molecule has 0 aromatic heterocycles. The van der Waals surface area contributed by atoms with Crippen LogP contribution in [0.2, 0.25) is 0 Å². The zero-order valence-electron chi connectivity index (χ0n) is 14.5. The summed E-state index contributed by atoms with van der Waals surface area (Å²) in [7, 11) is 0. The van der Waals surface area contributed by atoms with Crippen molar-refractivity contribution in [2.45, 2.75) is 45.3 Å². The second kappa shape index (κ2) is 8.87. The lowest BCUT2D eigenvalue weighted by Crippen LogP contribution is -2.45. The number of benzene rings is 1. The molecule has 2 amide bonds. The maximum Gasteiger partial charge on any atom is 0.323 e. The van der Waals surface area contributed by atoms with E-state index in [0.29, 0.717) is 5.92 Å². The average Bonchev–Trinajstić information content (AvgIpc) is 2.50. The van der Waals surface area contributed by atoms with Crippen LogP contribution in [-0.2, 0) is 20.8 Å². The minimum absolute atomic E-state index is 0.528. The second-order valence-electron chi connectivity index (χ2n) is 6.39. The van der Waals surface area contributed by atoms with Gasteiger partial charge in [0, 0.05) is 0 Å². The molecule has 0 spiro atoms. The Morgan fingerprint density at radius 2 is 1.58 bits per heavy atom. The Bertz CT molecular complexity index is 596. The average molecular weight is 351 g/mol. The van der Waals surface area contributed by atoms with Gasteiger partial charge in [-0.05, 0) is 37.3 Å². The number of rotatable bonds is 7. The Morgan fingerprint density at radius 3 is 2.00 bits per heavy atom. The summed E-state index contributed by atoms with van der Waals surface area (Å²) in [5.74, 6) is -2.43. The third-order valence-electron chi connectivity index (χ3n) is 3.68. The number of imide groups is 1. The number of thiol groups is 1. The number of aliphatic carboxylic acids is 1. The molecule has 2 unspecified atom stereocenters. The van der Waals surface area contributed by atoms with E-state index >= 15 is 0 Å². The van der Waals surface area contributed by atoms with Crippen LogP contribution in [0.3, 0.4) is 0 Å². The monoisotopic (exact) mass is 351 g/mol. The first kappa shape index (κ1) is 20.2. The lowest BCUT2D eigenvalue weighted by molar-refractivity contribution is -0.152. The summed E-state index contributed by atoms with van der Waals surface area (Å²) in [5.41, 5.74) is 1.93. The van der Waals surface area contributed by atoms with Crippen molar-refractivity contribution in [2.24, 2.45) is 5.92 Å². The van der Waals surface area contributed by atoms with Gasteiger partial charge in [0.05, 0.1) is 11.2 Å². The maximum absolute atomic E-state index is 12.6. The number of carboxylic acid groups (broad SMARTS) is 1. The van der Waals surface area contributed by atoms with Crippen molar-refractivity contribution >= 4 is 30.4 Å². The van der Waals surface area contributed by atoms with Gasteiger partial charge in [-0.3, -0.25) is 19.3 Å². The second-order valence-corrected chi connectivity index (χ2v) is 7.17. The molecular weight excluding hydrogens is 326 g/mol. The fourth-order valence-corrected chi connectivity index (χ4v) is 2.55. The third kappa shape index (κ3) is 5.67. The predicted octanol–water partition coefficient (Wildman–Crippen LogP) is 2.75. The van der Waals surface area contributed by atoms with E-state index in [0.717, 1.165) is 16.9 Å². The van der Waals surface area contributed by atoms with Crippen LogP contribution >= 0.6 is 12.6 Å². The number of hydrogen-bond donors (Lipinski definition) is 2. The molecule has 0 fully saturated rings. The van der Waals surface area contributed by atoms with Gasteiger partial charge in [-0.15, -0.1) is 0 Å². The number of amides is 2. The minimum Gasteiger partial charge on any atom is -0.480 e. The van der Waals surface area contributed by atoms with Gasteiger partial charge in [0.1, 0.15) is 6.54 Å². The van der Waals surface area contributed by atoms with Crippen LogP contribution in [0.25, 0.3) is 0 Å². The van der Waals surface area contributed by atoms with Crippen LogP contribution in [0.4, 0.5) is 0 Å². The van der Waals surface area contributed by atoms with Crippen LogP contribution in [0.15, 0.2) is 24.3 Å². The SMILES string of the molecule is CC(C)Cc1ccc(C(C)C(=O)N(CC(=O)O)C(=O)C(C)S)cc1. The van der Waals surface area contributed by atoms with Crippen molar-refractivity contribution in [3.8, 4) is 0 Å². The molecule has 1 aromatic rings. The van der Waals surface area contributed by atoms with E-state index in [4.69, 9.17) is 5.11 Å². The van der Waals surface area contributed by atoms with E-state index in [-0.39, 0.29) is 0 Å². The van der Waals surface area contributed by atoms with Gasteiger partial charge < -0.3 is 5.11 Å². The lowest BCUT2D eigenvalue weighted by Gasteiger charge is -2.24. The number of carboxylic acids is 1. The molecule has 5 nitrogen and oxygen atoms in total. The molecule has 1 N–H and O–H groups in total. The highest BCUT2D eigenvalue weighted by atomic mass is 32.1. The molecule has 24 heavy (non-hydrogen) atoms. The van der Waals surface area contributed by atoms with Gasteiger partial charge >= 0.3 is 5.97 Å². The van der Waals surface area contributed by atoms with Crippen molar-refractivity contribution in [2.75, 3.05) is 6.54 Å². The van der Waals surface area contributed by atoms with Crippen molar-refractivity contribution in [3.63, 3.8) is 0 Å². The highest BCUT2D eigenvalue weighted by molar-refractivity contribution is 7.81. The summed E-state index contributed by atoms with van der Waals surface area (Å²) >= 11 is 4.01. The Labute approximate surface area is 148 Å². The summed E-state index contributed by atoms with van der Waals surface area (Å²) in [6, 6.07) is 7.63. The molecule has 2 atom stereocenters. The number of hydrogen-bond acceptors (Lipinski definition) is 4. The lowest BCUT2D eigenvalue weighted by atomic mass is 9.96. The fraction of sp³-hybridized carbons (Fsp3) is 0.500. The molecule has 0 saturated carbocycles. The number of carbonyl (C=O) groups excluding carboxylic acids is 2. The summed E-state index contributed by atoms with van der Waals surface area (Å²) in [6.07, 6.45) is 0.948. The molecule has 0 aliphatic rings. The smallest absolute Gasteiger partial charge is 0.323 e. The molecule has 6 heteroatoms. The molecule has 1 aromatic carbocycles. The van der Waals surface area contributed by atoms with E-state index < -0.39 is 35.5 Å². The molecule has 1 rings (SSSR count). The zero-order chi connectivity index (χ0) is 18.4. The largest absolute Gasteiger partial charge is 0.480 e. The van der Waals surface area contributed by atoms with Crippen molar-refractivity contribution < 1.29 is 19.5 Å². The van der Waals surface area contributed by atoms with Crippen LogP contribution in [0.5, 0.6) is 0 Å². The minimum atomic E-state index is -1.23. The summed E-state index contributed by atoms with van der Waals surface area (Å²) in [5, 5.41) is 8.22. The van der Waals surface area contributed by atoms with E-state index in [9.17, 15) is 14.4 Å². The Balaban J connectivity index is 2.97. The zero-order valence-corrected chi connectivity index (χ0v) is 15.4. The van der Waals surface area contributed by atoms with E-state index in [1.165, 1.54) is 12.5 Å². The standard InChI is InChI=1S/C18H25NO4S/c1-11(2)9-14-5-7-15(8-6-14)12(3)17(22)19(10-16(20)21)18(23)13(4)24/h5-8,11-13,24H,9-10H2,1-4H3,(H,20,21). The summed E-state index contributed by atoms with van der Waals surface area (Å²) in [6.45, 7) is 6.80. The summed E-state index contributed by atoms with van der Waals surface area (Å²) < 4.78 is 0. The topological polar surface area (TPSA) is 74.7 Å². The van der Waals surface area contributed by atoms with Crippen LogP contribution in [0.1, 0.15) is 44.7 Å². The third-order valence-corrected chi connectivity index (χ3v) is 3.90. The highest BCUT2D eigenvalue weighted by Crippen LogP contribution is 2.21. The summed E-state index contributed by atoms with van der Waals surface area (Å²) in [4.78, 5) is 36.4. The van der Waals surface area contributed by atoms with E-state index in [2.05, 4.69) is 26.5 Å². The predicted molar refractivity (Wildman–Crippen MR) is 96.2 cm³/mol. The van der Waals surface area contributed by atoms with Gasteiger partial charge in [0.15, 0.2) is 0 Å². The van der Waals surface area contributed by atoms with Crippen LogP contribution in [0, 0.1) is 5.92 Å². The fourth-order valence-electron chi connectivity index (χ4n) is 2.42. The molecule has 0 saturated heterocycles. The Kier molecular flexibility index (Phi) is 7.48. The van der Waals surface area contributed by atoms with Crippen LogP contribution in [-0.4, -0.2) is 39.6 Å². The highest BCUT2D eigenvalue weighted by Gasteiger charge is 2.30.